The summed E-state index contributed by atoms with van der Waals surface area (Å²) in [5.74, 6) is 0. The minimum atomic E-state index is -0.404. The summed E-state index contributed by atoms with van der Waals surface area (Å²) in [6, 6.07) is 7.74. The van der Waals surface area contributed by atoms with E-state index in [1.165, 1.54) is 5.56 Å². The van der Waals surface area contributed by atoms with Crippen molar-refractivity contribution >= 4 is 11.8 Å². The molecule has 0 unspecified atom stereocenters. The van der Waals surface area contributed by atoms with Gasteiger partial charge in [-0.1, -0.05) is 19.1 Å². The van der Waals surface area contributed by atoms with Gasteiger partial charge in [0.1, 0.15) is 0 Å². The number of benzene rings is 1. The third kappa shape index (κ3) is 4.02. The predicted molar refractivity (Wildman–Crippen MR) is 61.1 cm³/mol. The van der Waals surface area contributed by atoms with Crippen LogP contribution in [-0.4, -0.2) is 12.2 Å². The van der Waals surface area contributed by atoms with Crippen molar-refractivity contribution in [2.75, 3.05) is 5.32 Å². The van der Waals surface area contributed by atoms with Crippen molar-refractivity contribution in [1.29, 1.82) is 0 Å². The molecule has 0 aliphatic carbocycles. The maximum absolute atomic E-state index is 11.3. The molecular formula is C12H17NO2. The molecule has 0 fully saturated rings. The zero-order valence-electron chi connectivity index (χ0n) is 9.41. The fourth-order valence-corrected chi connectivity index (χ4v) is 1.23. The summed E-state index contributed by atoms with van der Waals surface area (Å²) in [4.78, 5) is 11.3. The minimum Gasteiger partial charge on any atom is -0.447 e. The molecule has 0 aliphatic heterocycles. The first-order valence-electron chi connectivity index (χ1n) is 5.18. The highest BCUT2D eigenvalue weighted by Gasteiger charge is 2.05. The van der Waals surface area contributed by atoms with Crippen molar-refractivity contribution in [1.82, 2.24) is 0 Å². The van der Waals surface area contributed by atoms with Gasteiger partial charge in [-0.25, -0.2) is 4.79 Å². The van der Waals surface area contributed by atoms with Crippen LogP contribution >= 0.6 is 0 Å². The first-order chi connectivity index (χ1) is 7.11. The Bertz CT molecular complexity index is 334. The Hall–Kier alpha value is -1.51. The number of hydrogen-bond acceptors (Lipinski definition) is 2. The summed E-state index contributed by atoms with van der Waals surface area (Å²) in [6.07, 6.45) is 0.451. The molecule has 15 heavy (non-hydrogen) atoms. The third-order valence-corrected chi connectivity index (χ3v) is 1.92. The van der Waals surface area contributed by atoms with Crippen LogP contribution in [-0.2, 0) is 11.2 Å². The Kier molecular flexibility index (Phi) is 4.16. The van der Waals surface area contributed by atoms with Crippen LogP contribution in [0.3, 0.4) is 0 Å². The fraction of sp³-hybridized carbons (Fsp3) is 0.417. The molecule has 1 aromatic carbocycles. The van der Waals surface area contributed by atoms with Crippen molar-refractivity contribution in [3.05, 3.63) is 29.8 Å². The van der Waals surface area contributed by atoms with Crippen LogP contribution in [0.25, 0.3) is 0 Å². The molecule has 3 nitrogen and oxygen atoms in total. The number of anilines is 1. The van der Waals surface area contributed by atoms with Gasteiger partial charge in [0.15, 0.2) is 0 Å². The maximum atomic E-state index is 11.3. The molecule has 0 heterocycles. The van der Waals surface area contributed by atoms with Gasteiger partial charge in [-0.3, -0.25) is 5.32 Å². The van der Waals surface area contributed by atoms with Crippen LogP contribution in [0.5, 0.6) is 0 Å². The summed E-state index contributed by atoms with van der Waals surface area (Å²) >= 11 is 0. The van der Waals surface area contributed by atoms with E-state index < -0.39 is 6.09 Å². The van der Waals surface area contributed by atoms with E-state index in [-0.39, 0.29) is 6.10 Å². The van der Waals surface area contributed by atoms with E-state index in [2.05, 4.69) is 12.2 Å². The van der Waals surface area contributed by atoms with E-state index in [1.807, 2.05) is 38.1 Å². The van der Waals surface area contributed by atoms with E-state index in [0.717, 1.165) is 12.1 Å². The molecule has 1 amide bonds. The van der Waals surface area contributed by atoms with Crippen LogP contribution in [0, 0.1) is 0 Å². The minimum absolute atomic E-state index is 0.0978. The van der Waals surface area contributed by atoms with E-state index in [0.29, 0.717) is 0 Å². The van der Waals surface area contributed by atoms with Gasteiger partial charge < -0.3 is 4.74 Å². The first-order valence-corrected chi connectivity index (χ1v) is 5.18. The predicted octanol–water partition coefficient (Wildman–Crippen LogP) is 3.21. The van der Waals surface area contributed by atoms with Crippen LogP contribution in [0.1, 0.15) is 26.3 Å². The molecule has 1 N–H and O–H groups in total. The van der Waals surface area contributed by atoms with Gasteiger partial charge in [-0.15, -0.1) is 0 Å². The lowest BCUT2D eigenvalue weighted by molar-refractivity contribution is 0.130. The Morgan fingerprint density at radius 2 is 2.20 bits per heavy atom. The second kappa shape index (κ2) is 5.39. The molecule has 0 aromatic heterocycles. The Morgan fingerprint density at radius 3 is 2.80 bits per heavy atom. The maximum Gasteiger partial charge on any atom is 0.411 e. The van der Waals surface area contributed by atoms with E-state index in [4.69, 9.17) is 4.74 Å². The standard InChI is InChI=1S/C12H17NO2/c1-4-10-6-5-7-11(8-10)13-12(14)15-9(2)3/h5-9H,4H2,1-3H3,(H,13,14). The van der Waals surface area contributed by atoms with Crippen LogP contribution in [0.2, 0.25) is 0 Å². The Balaban J connectivity index is 2.60. The Morgan fingerprint density at radius 1 is 1.47 bits per heavy atom. The fourth-order valence-electron chi connectivity index (χ4n) is 1.23. The molecule has 1 aromatic rings. The molecule has 0 radical (unpaired) electrons. The number of aryl methyl sites for hydroxylation is 1. The number of rotatable bonds is 3. The van der Waals surface area contributed by atoms with Gasteiger partial charge in [0.05, 0.1) is 6.10 Å². The zero-order valence-corrected chi connectivity index (χ0v) is 9.41. The summed E-state index contributed by atoms with van der Waals surface area (Å²) in [7, 11) is 0. The average molecular weight is 207 g/mol. The van der Waals surface area contributed by atoms with Crippen LogP contribution < -0.4 is 5.32 Å². The average Bonchev–Trinajstić information content (AvgIpc) is 2.16. The van der Waals surface area contributed by atoms with Crippen molar-refractivity contribution < 1.29 is 9.53 Å². The third-order valence-electron chi connectivity index (χ3n) is 1.92. The van der Waals surface area contributed by atoms with Crippen molar-refractivity contribution in [2.45, 2.75) is 33.3 Å². The van der Waals surface area contributed by atoms with E-state index in [9.17, 15) is 4.79 Å². The highest BCUT2D eigenvalue weighted by molar-refractivity contribution is 5.84. The molecule has 0 saturated heterocycles. The molecular weight excluding hydrogens is 190 g/mol. The first kappa shape index (κ1) is 11.6. The normalized spacial score (nSPS) is 10.1. The molecule has 0 saturated carbocycles. The van der Waals surface area contributed by atoms with Crippen molar-refractivity contribution in [2.24, 2.45) is 0 Å². The van der Waals surface area contributed by atoms with Crippen molar-refractivity contribution in [3.63, 3.8) is 0 Å². The number of hydrogen-bond donors (Lipinski definition) is 1. The topological polar surface area (TPSA) is 38.3 Å². The summed E-state index contributed by atoms with van der Waals surface area (Å²) in [6.45, 7) is 5.72. The molecule has 3 heteroatoms. The Labute approximate surface area is 90.4 Å². The highest BCUT2D eigenvalue weighted by Crippen LogP contribution is 2.11. The largest absolute Gasteiger partial charge is 0.447 e. The monoisotopic (exact) mass is 207 g/mol. The highest BCUT2D eigenvalue weighted by atomic mass is 16.6. The van der Waals surface area contributed by atoms with Gasteiger partial charge in [-0.2, -0.15) is 0 Å². The lowest BCUT2D eigenvalue weighted by Gasteiger charge is -2.09. The molecule has 0 aliphatic rings. The van der Waals surface area contributed by atoms with Gasteiger partial charge >= 0.3 is 6.09 Å². The molecule has 0 spiro atoms. The van der Waals surface area contributed by atoms with Gasteiger partial charge in [0.25, 0.3) is 0 Å². The SMILES string of the molecule is CCc1cccc(NC(=O)OC(C)C)c1. The van der Waals surface area contributed by atoms with Gasteiger partial charge in [0, 0.05) is 5.69 Å². The second-order valence-corrected chi connectivity index (χ2v) is 3.63. The van der Waals surface area contributed by atoms with E-state index in [1.54, 1.807) is 0 Å². The number of carbonyl (C=O) groups is 1. The summed E-state index contributed by atoms with van der Waals surface area (Å²) in [5.41, 5.74) is 1.97. The van der Waals surface area contributed by atoms with Crippen LogP contribution in [0.15, 0.2) is 24.3 Å². The lowest BCUT2D eigenvalue weighted by Crippen LogP contribution is -2.17. The molecule has 0 atom stereocenters. The summed E-state index contributed by atoms with van der Waals surface area (Å²) < 4.78 is 4.98. The molecule has 1 rings (SSSR count). The van der Waals surface area contributed by atoms with Crippen LogP contribution in [0.4, 0.5) is 10.5 Å². The second-order valence-electron chi connectivity index (χ2n) is 3.63. The van der Waals surface area contributed by atoms with Gasteiger partial charge in [-0.05, 0) is 38.0 Å². The quantitative estimate of drug-likeness (QED) is 0.826. The molecule has 0 bridgehead atoms. The zero-order chi connectivity index (χ0) is 11.3. The van der Waals surface area contributed by atoms with E-state index >= 15 is 0 Å². The van der Waals surface area contributed by atoms with Gasteiger partial charge in [0.2, 0.25) is 0 Å². The number of amides is 1. The number of ether oxygens (including phenoxy) is 1. The number of nitrogens with one attached hydrogen (secondary N) is 1. The molecule has 82 valence electrons. The lowest BCUT2D eigenvalue weighted by atomic mass is 10.1. The number of carbonyl (C=O) groups excluding carboxylic acids is 1. The summed E-state index contributed by atoms with van der Waals surface area (Å²) in [5, 5.41) is 2.69. The smallest absolute Gasteiger partial charge is 0.411 e. The van der Waals surface area contributed by atoms with Crippen molar-refractivity contribution in [3.8, 4) is 0 Å².